The molecule has 0 radical (unpaired) electrons. The van der Waals surface area contributed by atoms with E-state index in [9.17, 15) is 4.79 Å². The molecule has 1 heterocycles. The number of thiazole rings is 1. The summed E-state index contributed by atoms with van der Waals surface area (Å²) in [5.74, 6) is 0.438. The quantitative estimate of drug-likeness (QED) is 0.557. The number of halogens is 2. The second-order valence-corrected chi connectivity index (χ2v) is 8.08. The highest BCUT2D eigenvalue weighted by molar-refractivity contribution is 7.22. The zero-order valence-corrected chi connectivity index (χ0v) is 17.3. The number of rotatable bonds is 7. The van der Waals surface area contributed by atoms with Gasteiger partial charge in [-0.05, 0) is 56.6 Å². The number of ether oxygens (including phenoxy) is 1. The summed E-state index contributed by atoms with van der Waals surface area (Å²) < 4.78 is 6.56. The van der Waals surface area contributed by atoms with E-state index in [1.165, 1.54) is 11.3 Å². The summed E-state index contributed by atoms with van der Waals surface area (Å²) in [6, 6.07) is 12.4. The minimum absolute atomic E-state index is 0.0776. The number of fused-ring (bicyclic) bond motifs is 1. The third-order valence-corrected chi connectivity index (χ3v) is 5.35. The van der Waals surface area contributed by atoms with Gasteiger partial charge in [-0.15, -0.1) is 0 Å². The van der Waals surface area contributed by atoms with Crippen molar-refractivity contribution in [2.24, 2.45) is 0 Å². The normalized spacial score (nSPS) is 11.1. The lowest BCUT2D eigenvalue weighted by molar-refractivity contribution is -0.120. The second kappa shape index (κ2) is 8.89. The Morgan fingerprint density at radius 1 is 1.07 bits per heavy atom. The summed E-state index contributed by atoms with van der Waals surface area (Å²) in [6.07, 6.45) is 0. The standard InChI is InChI=1S/C19H19Cl2N3O2S/c1-23(2)9-10-24(18(25)12-26-15-6-3-13(20)4-7-15)19-22-16-8-5-14(21)11-17(16)27-19/h3-8,11H,9-10,12H2,1-2H3. The first-order valence-electron chi connectivity index (χ1n) is 8.32. The molecule has 0 saturated carbocycles. The van der Waals surface area contributed by atoms with Crippen LogP contribution in [0.1, 0.15) is 0 Å². The van der Waals surface area contributed by atoms with Crippen molar-refractivity contribution in [2.75, 3.05) is 38.7 Å². The van der Waals surface area contributed by atoms with E-state index in [2.05, 4.69) is 4.98 Å². The smallest absolute Gasteiger partial charge is 0.266 e. The molecule has 0 atom stereocenters. The number of benzene rings is 2. The Morgan fingerprint density at radius 3 is 2.48 bits per heavy atom. The third-order valence-electron chi connectivity index (χ3n) is 3.82. The third kappa shape index (κ3) is 5.32. The van der Waals surface area contributed by atoms with Gasteiger partial charge in [-0.2, -0.15) is 0 Å². The van der Waals surface area contributed by atoms with E-state index < -0.39 is 0 Å². The van der Waals surface area contributed by atoms with E-state index >= 15 is 0 Å². The predicted octanol–water partition coefficient (Wildman–Crippen LogP) is 4.58. The largest absolute Gasteiger partial charge is 0.484 e. The first-order chi connectivity index (χ1) is 12.9. The van der Waals surface area contributed by atoms with Crippen molar-refractivity contribution in [1.29, 1.82) is 0 Å². The molecule has 0 aliphatic rings. The van der Waals surface area contributed by atoms with Crippen LogP contribution in [0.2, 0.25) is 10.0 Å². The van der Waals surface area contributed by atoms with Crippen LogP contribution in [-0.4, -0.2) is 49.6 Å². The van der Waals surface area contributed by atoms with Crippen molar-refractivity contribution in [3.63, 3.8) is 0 Å². The Labute approximate surface area is 172 Å². The van der Waals surface area contributed by atoms with Gasteiger partial charge >= 0.3 is 0 Å². The summed E-state index contributed by atoms with van der Waals surface area (Å²) in [5.41, 5.74) is 0.820. The molecule has 0 unspecified atom stereocenters. The topological polar surface area (TPSA) is 45.7 Å². The van der Waals surface area contributed by atoms with Gasteiger partial charge in [0, 0.05) is 23.1 Å². The van der Waals surface area contributed by atoms with E-state index in [0.717, 1.165) is 10.2 Å². The number of carbonyl (C=O) groups is 1. The fourth-order valence-electron chi connectivity index (χ4n) is 2.38. The van der Waals surface area contributed by atoms with Crippen LogP contribution in [-0.2, 0) is 4.79 Å². The Hall–Kier alpha value is -1.86. The van der Waals surface area contributed by atoms with Crippen LogP contribution in [0.25, 0.3) is 10.2 Å². The van der Waals surface area contributed by atoms with Crippen molar-refractivity contribution >= 4 is 55.8 Å². The highest BCUT2D eigenvalue weighted by Crippen LogP contribution is 2.31. The molecule has 8 heteroatoms. The molecule has 27 heavy (non-hydrogen) atoms. The molecule has 0 bridgehead atoms. The van der Waals surface area contributed by atoms with Gasteiger partial charge in [0.1, 0.15) is 5.75 Å². The minimum atomic E-state index is -0.156. The highest BCUT2D eigenvalue weighted by Gasteiger charge is 2.20. The van der Waals surface area contributed by atoms with Gasteiger partial charge in [0.2, 0.25) is 0 Å². The minimum Gasteiger partial charge on any atom is -0.484 e. The van der Waals surface area contributed by atoms with Crippen molar-refractivity contribution in [3.05, 3.63) is 52.5 Å². The fraction of sp³-hybridized carbons (Fsp3) is 0.263. The average molecular weight is 424 g/mol. The van der Waals surface area contributed by atoms with Crippen molar-refractivity contribution in [2.45, 2.75) is 0 Å². The van der Waals surface area contributed by atoms with E-state index in [1.54, 1.807) is 35.2 Å². The fourth-order valence-corrected chi connectivity index (χ4v) is 3.79. The molecular formula is C19H19Cl2N3O2S. The summed E-state index contributed by atoms with van der Waals surface area (Å²) >= 11 is 13.4. The van der Waals surface area contributed by atoms with Crippen LogP contribution in [0, 0.1) is 0 Å². The van der Waals surface area contributed by atoms with Gasteiger partial charge in [0.25, 0.3) is 5.91 Å². The molecule has 3 aromatic rings. The van der Waals surface area contributed by atoms with Gasteiger partial charge in [-0.1, -0.05) is 34.5 Å². The molecule has 0 N–H and O–H groups in total. The second-order valence-electron chi connectivity index (χ2n) is 6.20. The Balaban J connectivity index is 1.78. The molecule has 1 amide bonds. The van der Waals surface area contributed by atoms with Gasteiger partial charge in [0.15, 0.2) is 11.7 Å². The van der Waals surface area contributed by atoms with Crippen LogP contribution in [0.4, 0.5) is 5.13 Å². The Morgan fingerprint density at radius 2 is 1.78 bits per heavy atom. The number of hydrogen-bond acceptors (Lipinski definition) is 5. The predicted molar refractivity (Wildman–Crippen MR) is 112 cm³/mol. The lowest BCUT2D eigenvalue weighted by Gasteiger charge is -2.22. The number of aromatic nitrogens is 1. The number of amides is 1. The maximum Gasteiger partial charge on any atom is 0.266 e. The zero-order valence-electron chi connectivity index (χ0n) is 15.0. The molecule has 0 aliphatic heterocycles. The number of carbonyl (C=O) groups excluding carboxylic acids is 1. The van der Waals surface area contributed by atoms with Gasteiger partial charge in [-0.3, -0.25) is 9.69 Å². The van der Waals surface area contributed by atoms with Crippen molar-refractivity contribution < 1.29 is 9.53 Å². The summed E-state index contributed by atoms with van der Waals surface area (Å²) in [7, 11) is 3.93. The van der Waals surface area contributed by atoms with Crippen LogP contribution >= 0.6 is 34.5 Å². The van der Waals surface area contributed by atoms with E-state index in [1.807, 2.05) is 31.1 Å². The SMILES string of the molecule is CN(C)CCN(C(=O)COc1ccc(Cl)cc1)c1nc2ccc(Cl)cc2s1. The number of anilines is 1. The molecule has 3 rings (SSSR count). The maximum absolute atomic E-state index is 12.8. The van der Waals surface area contributed by atoms with E-state index in [4.69, 9.17) is 27.9 Å². The highest BCUT2D eigenvalue weighted by atomic mass is 35.5. The molecule has 0 fully saturated rings. The summed E-state index contributed by atoms with van der Waals surface area (Å²) in [4.78, 5) is 21.1. The van der Waals surface area contributed by atoms with Gasteiger partial charge < -0.3 is 9.64 Å². The lowest BCUT2D eigenvalue weighted by Crippen LogP contribution is -2.39. The van der Waals surface area contributed by atoms with E-state index in [-0.39, 0.29) is 12.5 Å². The number of nitrogens with zero attached hydrogens (tertiary/aromatic N) is 3. The van der Waals surface area contributed by atoms with Crippen LogP contribution in [0.15, 0.2) is 42.5 Å². The maximum atomic E-state index is 12.8. The average Bonchev–Trinajstić information content (AvgIpc) is 3.03. The van der Waals surface area contributed by atoms with Crippen LogP contribution in [0.3, 0.4) is 0 Å². The Kier molecular flexibility index (Phi) is 6.55. The molecular weight excluding hydrogens is 405 g/mol. The summed E-state index contributed by atoms with van der Waals surface area (Å²) in [6.45, 7) is 1.15. The summed E-state index contributed by atoms with van der Waals surface area (Å²) in [5, 5.41) is 1.91. The molecule has 0 spiro atoms. The molecule has 5 nitrogen and oxygen atoms in total. The van der Waals surface area contributed by atoms with Crippen molar-refractivity contribution in [1.82, 2.24) is 9.88 Å². The molecule has 0 aliphatic carbocycles. The number of likely N-dealkylation sites (N-methyl/N-ethyl adjacent to an activating group) is 1. The molecule has 142 valence electrons. The van der Waals surface area contributed by atoms with Gasteiger partial charge in [0.05, 0.1) is 10.2 Å². The first kappa shape index (κ1) is 19.9. The molecule has 0 saturated heterocycles. The van der Waals surface area contributed by atoms with E-state index in [0.29, 0.717) is 34.0 Å². The monoisotopic (exact) mass is 423 g/mol. The molecule has 2 aromatic carbocycles. The molecule has 1 aromatic heterocycles. The first-order valence-corrected chi connectivity index (χ1v) is 9.89. The van der Waals surface area contributed by atoms with Crippen LogP contribution < -0.4 is 9.64 Å². The van der Waals surface area contributed by atoms with Crippen LogP contribution in [0.5, 0.6) is 5.75 Å². The van der Waals surface area contributed by atoms with Gasteiger partial charge in [-0.25, -0.2) is 4.98 Å². The zero-order chi connectivity index (χ0) is 19.4. The Bertz CT molecular complexity index is 928. The van der Waals surface area contributed by atoms with Crippen molar-refractivity contribution in [3.8, 4) is 5.75 Å². The number of hydrogen-bond donors (Lipinski definition) is 0. The lowest BCUT2D eigenvalue weighted by atomic mass is 10.3.